The number of amides is 1. The van der Waals surface area contributed by atoms with Crippen molar-refractivity contribution in [2.75, 3.05) is 33.4 Å². The van der Waals surface area contributed by atoms with Gasteiger partial charge in [-0.25, -0.2) is 0 Å². The lowest BCUT2D eigenvalue weighted by Crippen LogP contribution is -2.50. The molecule has 2 unspecified atom stereocenters. The molecule has 1 saturated heterocycles. The van der Waals surface area contributed by atoms with E-state index in [9.17, 15) is 9.90 Å². The molecular weight excluding hydrogens is 220 g/mol. The molecule has 0 aromatic rings. The standard InChI is InChI=1S/C12H24N2O3/c1-10(12(16)13-6-4-8-17-2)14-7-3-5-11(15)9-14/h10-11,15H,3-9H2,1-2H3,(H,13,16). The van der Waals surface area contributed by atoms with Crippen molar-refractivity contribution in [2.24, 2.45) is 0 Å². The second-order valence-corrected chi connectivity index (χ2v) is 4.60. The lowest BCUT2D eigenvalue weighted by molar-refractivity contribution is -0.127. The zero-order valence-corrected chi connectivity index (χ0v) is 10.8. The van der Waals surface area contributed by atoms with Gasteiger partial charge in [-0.05, 0) is 32.7 Å². The van der Waals surface area contributed by atoms with Crippen LogP contribution in [-0.2, 0) is 9.53 Å². The number of β-amino-alcohol motifs (C(OH)–C–C–N with tert-alkyl or cyclic N) is 1. The largest absolute Gasteiger partial charge is 0.392 e. The lowest BCUT2D eigenvalue weighted by atomic mass is 10.1. The summed E-state index contributed by atoms with van der Waals surface area (Å²) in [7, 11) is 1.65. The summed E-state index contributed by atoms with van der Waals surface area (Å²) in [6, 6.07) is -0.160. The third kappa shape index (κ3) is 5.02. The van der Waals surface area contributed by atoms with Gasteiger partial charge in [0.1, 0.15) is 0 Å². The number of nitrogens with one attached hydrogen (secondary N) is 1. The summed E-state index contributed by atoms with van der Waals surface area (Å²) in [5, 5.41) is 12.5. The van der Waals surface area contributed by atoms with E-state index in [0.717, 1.165) is 25.8 Å². The fourth-order valence-corrected chi connectivity index (χ4v) is 2.08. The first kappa shape index (κ1) is 14.4. The maximum atomic E-state index is 11.8. The number of carbonyl (C=O) groups excluding carboxylic acids is 1. The van der Waals surface area contributed by atoms with Crippen molar-refractivity contribution in [1.82, 2.24) is 10.2 Å². The first-order valence-corrected chi connectivity index (χ1v) is 6.34. The monoisotopic (exact) mass is 244 g/mol. The van der Waals surface area contributed by atoms with Gasteiger partial charge in [0.2, 0.25) is 5.91 Å². The number of ether oxygens (including phenoxy) is 1. The van der Waals surface area contributed by atoms with Crippen molar-refractivity contribution in [3.8, 4) is 0 Å². The number of rotatable bonds is 6. The van der Waals surface area contributed by atoms with Crippen LogP contribution in [0.5, 0.6) is 0 Å². The van der Waals surface area contributed by atoms with Crippen LogP contribution in [-0.4, -0.2) is 61.4 Å². The number of likely N-dealkylation sites (tertiary alicyclic amines) is 1. The predicted molar refractivity (Wildman–Crippen MR) is 65.8 cm³/mol. The van der Waals surface area contributed by atoms with E-state index in [2.05, 4.69) is 5.32 Å². The highest BCUT2D eigenvalue weighted by Gasteiger charge is 2.25. The van der Waals surface area contributed by atoms with E-state index < -0.39 is 0 Å². The highest BCUT2D eigenvalue weighted by Crippen LogP contribution is 2.12. The zero-order valence-electron chi connectivity index (χ0n) is 10.8. The molecule has 0 aromatic carbocycles. The van der Waals surface area contributed by atoms with Gasteiger partial charge in [0, 0.05) is 26.8 Å². The summed E-state index contributed by atoms with van der Waals surface area (Å²) in [6.45, 7) is 4.70. The van der Waals surface area contributed by atoms with Gasteiger partial charge in [0.25, 0.3) is 0 Å². The molecule has 1 amide bonds. The Balaban J connectivity index is 2.25. The van der Waals surface area contributed by atoms with E-state index in [1.54, 1.807) is 7.11 Å². The Bertz CT molecular complexity index is 236. The zero-order chi connectivity index (χ0) is 12.7. The third-order valence-electron chi connectivity index (χ3n) is 3.18. The average molecular weight is 244 g/mol. The van der Waals surface area contributed by atoms with Crippen LogP contribution in [0.25, 0.3) is 0 Å². The second kappa shape index (κ2) is 7.63. The molecule has 2 N–H and O–H groups in total. The number of aliphatic hydroxyl groups is 1. The molecule has 17 heavy (non-hydrogen) atoms. The Kier molecular flexibility index (Phi) is 6.47. The molecule has 1 heterocycles. The molecule has 1 aliphatic heterocycles. The molecular formula is C12H24N2O3. The fraction of sp³-hybridized carbons (Fsp3) is 0.917. The average Bonchev–Trinajstić information content (AvgIpc) is 2.33. The number of nitrogens with zero attached hydrogens (tertiary/aromatic N) is 1. The van der Waals surface area contributed by atoms with E-state index in [-0.39, 0.29) is 18.1 Å². The molecule has 1 aliphatic rings. The molecule has 5 heteroatoms. The van der Waals surface area contributed by atoms with Gasteiger partial charge in [-0.1, -0.05) is 0 Å². The number of methoxy groups -OCH3 is 1. The smallest absolute Gasteiger partial charge is 0.237 e. The molecule has 0 spiro atoms. The highest BCUT2D eigenvalue weighted by atomic mass is 16.5. The summed E-state index contributed by atoms with van der Waals surface area (Å²) in [6.07, 6.45) is 2.35. The second-order valence-electron chi connectivity index (χ2n) is 4.60. The van der Waals surface area contributed by atoms with Crippen LogP contribution in [0, 0.1) is 0 Å². The van der Waals surface area contributed by atoms with Crippen LogP contribution in [0.15, 0.2) is 0 Å². The number of hydrogen-bond acceptors (Lipinski definition) is 4. The number of piperidine rings is 1. The number of aliphatic hydroxyl groups excluding tert-OH is 1. The fourth-order valence-electron chi connectivity index (χ4n) is 2.08. The van der Waals surface area contributed by atoms with Crippen LogP contribution in [0.2, 0.25) is 0 Å². The Hall–Kier alpha value is -0.650. The van der Waals surface area contributed by atoms with Gasteiger partial charge >= 0.3 is 0 Å². The summed E-state index contributed by atoms with van der Waals surface area (Å²) >= 11 is 0. The van der Waals surface area contributed by atoms with Crippen LogP contribution in [0.1, 0.15) is 26.2 Å². The number of carbonyl (C=O) groups is 1. The number of hydrogen-bond donors (Lipinski definition) is 2. The summed E-state index contributed by atoms with van der Waals surface area (Å²) < 4.78 is 4.92. The Morgan fingerprint density at radius 3 is 3.06 bits per heavy atom. The first-order valence-electron chi connectivity index (χ1n) is 6.34. The quantitative estimate of drug-likeness (QED) is 0.645. The normalized spacial score (nSPS) is 23.4. The summed E-state index contributed by atoms with van der Waals surface area (Å²) in [4.78, 5) is 13.9. The SMILES string of the molecule is COCCCNC(=O)C(C)N1CCCC(O)C1. The molecule has 1 rings (SSSR count). The molecule has 0 bridgehead atoms. The van der Waals surface area contributed by atoms with Crippen molar-refractivity contribution in [1.29, 1.82) is 0 Å². The minimum atomic E-state index is -0.285. The minimum Gasteiger partial charge on any atom is -0.392 e. The van der Waals surface area contributed by atoms with Crippen LogP contribution < -0.4 is 5.32 Å². The van der Waals surface area contributed by atoms with Crippen molar-refractivity contribution in [3.05, 3.63) is 0 Å². The molecule has 0 aromatic heterocycles. The molecule has 0 radical (unpaired) electrons. The van der Waals surface area contributed by atoms with E-state index in [0.29, 0.717) is 19.7 Å². The van der Waals surface area contributed by atoms with E-state index in [1.807, 2.05) is 11.8 Å². The van der Waals surface area contributed by atoms with Gasteiger partial charge < -0.3 is 15.2 Å². The predicted octanol–water partition coefficient (Wildman–Crippen LogP) is -0.0157. The maximum absolute atomic E-state index is 11.8. The lowest BCUT2D eigenvalue weighted by Gasteiger charge is -2.33. The van der Waals surface area contributed by atoms with Crippen LogP contribution in [0.4, 0.5) is 0 Å². The van der Waals surface area contributed by atoms with Crippen LogP contribution in [0.3, 0.4) is 0 Å². The Labute approximate surface area is 103 Å². The Morgan fingerprint density at radius 2 is 2.41 bits per heavy atom. The van der Waals surface area contributed by atoms with Gasteiger partial charge in [0.15, 0.2) is 0 Å². The topological polar surface area (TPSA) is 61.8 Å². The summed E-state index contributed by atoms with van der Waals surface area (Å²) in [5.74, 6) is 0.0372. The van der Waals surface area contributed by atoms with E-state index in [1.165, 1.54) is 0 Å². The van der Waals surface area contributed by atoms with Crippen LogP contribution >= 0.6 is 0 Å². The van der Waals surface area contributed by atoms with Crippen molar-refractivity contribution in [2.45, 2.75) is 38.3 Å². The van der Waals surface area contributed by atoms with E-state index >= 15 is 0 Å². The van der Waals surface area contributed by atoms with Gasteiger partial charge in [-0.2, -0.15) is 0 Å². The van der Waals surface area contributed by atoms with Crippen molar-refractivity contribution < 1.29 is 14.6 Å². The highest BCUT2D eigenvalue weighted by molar-refractivity contribution is 5.81. The maximum Gasteiger partial charge on any atom is 0.237 e. The molecule has 100 valence electrons. The molecule has 5 nitrogen and oxygen atoms in total. The van der Waals surface area contributed by atoms with Gasteiger partial charge in [-0.3, -0.25) is 9.69 Å². The third-order valence-corrected chi connectivity index (χ3v) is 3.18. The Morgan fingerprint density at radius 1 is 1.65 bits per heavy atom. The van der Waals surface area contributed by atoms with Crippen molar-refractivity contribution >= 4 is 5.91 Å². The first-order chi connectivity index (χ1) is 8.15. The summed E-state index contributed by atoms with van der Waals surface area (Å²) in [5.41, 5.74) is 0. The molecule has 1 fully saturated rings. The molecule has 0 aliphatic carbocycles. The van der Waals surface area contributed by atoms with Gasteiger partial charge in [-0.15, -0.1) is 0 Å². The molecule has 2 atom stereocenters. The molecule has 0 saturated carbocycles. The minimum absolute atomic E-state index is 0.0372. The van der Waals surface area contributed by atoms with Crippen molar-refractivity contribution in [3.63, 3.8) is 0 Å². The van der Waals surface area contributed by atoms with E-state index in [4.69, 9.17) is 4.74 Å². The van der Waals surface area contributed by atoms with Gasteiger partial charge in [0.05, 0.1) is 12.1 Å².